The Morgan fingerprint density at radius 3 is 2.17 bits per heavy atom. The van der Waals surface area contributed by atoms with Crippen molar-refractivity contribution in [2.45, 2.75) is 39.5 Å². The number of rotatable bonds is 3. The first-order valence-corrected chi connectivity index (χ1v) is 13.7. The second kappa shape index (κ2) is 6.89. The van der Waals surface area contributed by atoms with Crippen molar-refractivity contribution in [1.29, 1.82) is 0 Å². The quantitative estimate of drug-likeness (QED) is 0.245. The monoisotopic (exact) mass is 462 g/mol. The smallest absolute Gasteiger partial charge is 0.0532 e. The van der Waals surface area contributed by atoms with Crippen molar-refractivity contribution in [1.82, 2.24) is 0 Å². The van der Waals surface area contributed by atoms with E-state index in [-0.39, 0.29) is 0 Å². The van der Waals surface area contributed by atoms with Gasteiger partial charge < -0.3 is 0 Å². The van der Waals surface area contributed by atoms with Gasteiger partial charge in [0.2, 0.25) is 0 Å². The Morgan fingerprint density at radius 2 is 1.37 bits per heavy atom. The molecule has 4 heterocycles. The zero-order valence-corrected chi connectivity index (χ0v) is 20.7. The Morgan fingerprint density at radius 1 is 0.633 bits per heavy atom. The van der Waals surface area contributed by atoms with Crippen molar-refractivity contribution in [2.24, 2.45) is 0 Å². The van der Waals surface area contributed by atoms with Crippen LogP contribution in [0.4, 0.5) is 0 Å². The fourth-order valence-corrected chi connectivity index (χ4v) is 9.12. The van der Waals surface area contributed by atoms with Gasteiger partial charge in [0.25, 0.3) is 0 Å². The van der Waals surface area contributed by atoms with Crippen LogP contribution < -0.4 is 0 Å². The fourth-order valence-electron chi connectivity index (χ4n) is 4.14. The van der Waals surface area contributed by atoms with E-state index in [0.29, 0.717) is 11.8 Å². The number of thiophene rings is 4. The third-order valence-electron chi connectivity index (χ3n) is 5.86. The molecule has 4 aromatic heterocycles. The molecule has 0 amide bonds. The molecule has 0 unspecified atom stereocenters. The number of hydrogen-bond donors (Lipinski definition) is 0. The molecule has 0 atom stereocenters. The highest BCUT2D eigenvalue weighted by molar-refractivity contribution is 7.32. The maximum absolute atomic E-state index is 2.40. The summed E-state index contributed by atoms with van der Waals surface area (Å²) in [6, 6.07) is 16.5. The summed E-state index contributed by atoms with van der Waals surface area (Å²) < 4.78 is 7.19. The molecule has 6 rings (SSSR count). The lowest BCUT2D eigenvalue weighted by Gasteiger charge is -2.02. The first-order valence-electron chi connectivity index (χ1n) is 10.4. The average molecular weight is 463 g/mol. The van der Waals surface area contributed by atoms with Crippen molar-refractivity contribution in [2.75, 3.05) is 0 Å². The van der Waals surface area contributed by atoms with Gasteiger partial charge in [-0.1, -0.05) is 52.0 Å². The molecule has 4 heteroatoms. The predicted molar refractivity (Wildman–Crippen MR) is 142 cm³/mol. The van der Waals surface area contributed by atoms with Gasteiger partial charge in [0.1, 0.15) is 0 Å². The van der Waals surface area contributed by atoms with Crippen LogP contribution in [0.5, 0.6) is 0 Å². The van der Waals surface area contributed by atoms with Crippen molar-refractivity contribution < 1.29 is 0 Å². The number of benzene rings is 2. The highest BCUT2D eigenvalue weighted by Gasteiger charge is 2.15. The van der Waals surface area contributed by atoms with Crippen molar-refractivity contribution in [3.8, 4) is 11.1 Å². The summed E-state index contributed by atoms with van der Waals surface area (Å²) in [5.74, 6) is 1.19. The lowest BCUT2D eigenvalue weighted by molar-refractivity contribution is 0.890. The Hall–Kier alpha value is -1.72. The van der Waals surface area contributed by atoms with Crippen LogP contribution in [0.15, 0.2) is 47.8 Å². The highest BCUT2D eigenvalue weighted by atomic mass is 32.1. The summed E-state index contributed by atoms with van der Waals surface area (Å²) >= 11 is 7.77. The normalized spacial score (nSPS) is 12.6. The second-order valence-corrected chi connectivity index (χ2v) is 12.8. The molecule has 150 valence electrons. The molecule has 0 bridgehead atoms. The Kier molecular flexibility index (Phi) is 4.37. The van der Waals surface area contributed by atoms with E-state index in [9.17, 15) is 0 Å². The van der Waals surface area contributed by atoms with Crippen molar-refractivity contribution >= 4 is 85.0 Å². The minimum atomic E-state index is 0.586. The zero-order valence-electron chi connectivity index (χ0n) is 17.4. The van der Waals surface area contributed by atoms with Gasteiger partial charge in [-0.3, -0.25) is 0 Å². The van der Waals surface area contributed by atoms with Crippen LogP contribution in [-0.4, -0.2) is 0 Å². The third kappa shape index (κ3) is 2.81. The van der Waals surface area contributed by atoms with Gasteiger partial charge in [-0.2, -0.15) is 0 Å². The molecule has 0 aliphatic carbocycles. The number of fused-ring (bicyclic) bond motifs is 6. The van der Waals surface area contributed by atoms with Crippen molar-refractivity contribution in [3.05, 3.63) is 57.6 Å². The molecule has 0 nitrogen and oxygen atoms in total. The van der Waals surface area contributed by atoms with E-state index in [4.69, 9.17) is 0 Å². The van der Waals surface area contributed by atoms with Crippen LogP contribution in [0.25, 0.3) is 50.8 Å². The molecular weight excluding hydrogens is 441 g/mol. The maximum atomic E-state index is 2.40. The zero-order chi connectivity index (χ0) is 20.6. The van der Waals surface area contributed by atoms with Gasteiger partial charge >= 0.3 is 0 Å². The first-order chi connectivity index (χ1) is 14.5. The molecule has 0 saturated heterocycles. The summed E-state index contributed by atoms with van der Waals surface area (Å²) in [5.41, 5.74) is 2.71. The van der Waals surface area contributed by atoms with E-state index in [2.05, 4.69) is 75.5 Å². The van der Waals surface area contributed by atoms with Gasteiger partial charge in [0.15, 0.2) is 0 Å². The topological polar surface area (TPSA) is 0 Å². The minimum absolute atomic E-state index is 0.586. The van der Waals surface area contributed by atoms with Crippen LogP contribution in [0.1, 0.15) is 49.3 Å². The molecule has 0 saturated carbocycles. The summed E-state index contributed by atoms with van der Waals surface area (Å²) in [7, 11) is 0. The molecule has 0 radical (unpaired) electrons. The van der Waals surface area contributed by atoms with E-state index < -0.39 is 0 Å². The van der Waals surface area contributed by atoms with Gasteiger partial charge in [-0.25, -0.2) is 0 Å². The largest absolute Gasteiger partial charge is 0.142 e. The van der Waals surface area contributed by atoms with Gasteiger partial charge in [0.05, 0.1) is 14.1 Å². The van der Waals surface area contributed by atoms with E-state index in [1.165, 1.54) is 60.5 Å². The summed E-state index contributed by atoms with van der Waals surface area (Å²) in [6.45, 7) is 9.14. The average Bonchev–Trinajstić information content (AvgIpc) is 3.46. The van der Waals surface area contributed by atoms with E-state index >= 15 is 0 Å². The van der Waals surface area contributed by atoms with Crippen LogP contribution in [0.2, 0.25) is 0 Å². The van der Waals surface area contributed by atoms with E-state index in [0.717, 1.165) is 0 Å². The fraction of sp³-hybridized carbons (Fsp3) is 0.231. The lowest BCUT2D eigenvalue weighted by Crippen LogP contribution is -1.78. The molecule has 6 aromatic rings. The number of hydrogen-bond acceptors (Lipinski definition) is 4. The molecule has 0 aliphatic heterocycles. The molecule has 0 spiro atoms. The second-order valence-electron chi connectivity index (χ2n) is 8.62. The van der Waals surface area contributed by atoms with E-state index in [1.807, 2.05) is 45.3 Å². The Balaban J connectivity index is 1.51. The maximum Gasteiger partial charge on any atom is 0.0532 e. The summed E-state index contributed by atoms with van der Waals surface area (Å²) in [6.07, 6.45) is 0. The molecule has 0 N–H and O–H groups in total. The third-order valence-corrected chi connectivity index (χ3v) is 11.2. The summed E-state index contributed by atoms with van der Waals surface area (Å²) in [4.78, 5) is 2.97. The van der Waals surface area contributed by atoms with Gasteiger partial charge in [0, 0.05) is 35.5 Å². The minimum Gasteiger partial charge on any atom is -0.142 e. The van der Waals surface area contributed by atoms with Crippen LogP contribution in [-0.2, 0) is 0 Å². The molecule has 0 fully saturated rings. The predicted octanol–water partition coefficient (Wildman–Crippen LogP) is 10.5. The summed E-state index contributed by atoms with van der Waals surface area (Å²) in [5, 5.41) is 6.55. The molecule has 2 aromatic carbocycles. The molecule has 0 aliphatic rings. The Bertz CT molecular complexity index is 1550. The SMILES string of the molecule is CC(C)c1cc2sc3cc(-c4csc5c4ccc4cc(C(C)C)sc45)ccc3c2s1. The molecule has 30 heavy (non-hydrogen) atoms. The Labute approximate surface area is 192 Å². The van der Waals surface area contributed by atoms with E-state index in [1.54, 1.807) is 0 Å². The van der Waals surface area contributed by atoms with Gasteiger partial charge in [-0.05, 0) is 46.4 Å². The standard InChI is InChI=1S/C26H22S4/c1-13(2)20-10-16-6-7-17-19(12-27-26(17)24(16)29-20)15-5-8-18-22(9-15)28-23-11-21(14(3)4)30-25(18)23/h5-14H,1-4H3. The van der Waals surface area contributed by atoms with Crippen LogP contribution >= 0.6 is 45.3 Å². The van der Waals surface area contributed by atoms with Crippen LogP contribution in [0.3, 0.4) is 0 Å². The van der Waals surface area contributed by atoms with Crippen LogP contribution in [0, 0.1) is 0 Å². The lowest BCUT2D eigenvalue weighted by atomic mass is 10.0. The first kappa shape index (κ1) is 19.0. The van der Waals surface area contributed by atoms with Gasteiger partial charge in [-0.15, -0.1) is 45.3 Å². The van der Waals surface area contributed by atoms with Crippen molar-refractivity contribution in [3.63, 3.8) is 0 Å². The molecular formula is C26H22S4. The highest BCUT2D eigenvalue weighted by Crippen LogP contribution is 2.45.